The molecule has 1 N–H and O–H groups in total. The molecular formula is C21H34N2O3. The number of hydrogen-bond donors (Lipinski definition) is 1. The minimum atomic E-state index is -0.458. The normalized spacial score (nSPS) is 23.5. The summed E-state index contributed by atoms with van der Waals surface area (Å²) in [5.41, 5.74) is 1.20. The van der Waals surface area contributed by atoms with Gasteiger partial charge in [0.25, 0.3) is 0 Å². The highest BCUT2D eigenvalue weighted by atomic mass is 16.5. The van der Waals surface area contributed by atoms with E-state index < -0.39 is 6.10 Å². The van der Waals surface area contributed by atoms with Crippen molar-refractivity contribution in [3.8, 4) is 5.75 Å². The minimum absolute atomic E-state index is 0.347. The summed E-state index contributed by atoms with van der Waals surface area (Å²) in [6.07, 6.45) is 2.38. The Labute approximate surface area is 157 Å². The Morgan fingerprint density at radius 3 is 2.58 bits per heavy atom. The van der Waals surface area contributed by atoms with Gasteiger partial charge < -0.3 is 14.6 Å². The van der Waals surface area contributed by atoms with Gasteiger partial charge in [-0.15, -0.1) is 0 Å². The number of aliphatic hydroxyl groups excluding tert-OH is 1. The lowest BCUT2D eigenvalue weighted by Gasteiger charge is -2.36. The van der Waals surface area contributed by atoms with E-state index in [0.29, 0.717) is 25.2 Å². The van der Waals surface area contributed by atoms with Crippen molar-refractivity contribution in [3.63, 3.8) is 0 Å². The van der Waals surface area contributed by atoms with Crippen LogP contribution in [0.5, 0.6) is 5.75 Å². The second-order valence-electron chi connectivity index (χ2n) is 7.89. The molecular weight excluding hydrogens is 328 g/mol. The number of hydrogen-bond acceptors (Lipinski definition) is 5. The molecule has 1 aromatic carbocycles. The van der Waals surface area contributed by atoms with Crippen LogP contribution in [-0.4, -0.2) is 79.6 Å². The van der Waals surface area contributed by atoms with E-state index in [1.165, 1.54) is 18.4 Å². The second-order valence-corrected chi connectivity index (χ2v) is 7.89. The van der Waals surface area contributed by atoms with Crippen molar-refractivity contribution in [2.75, 3.05) is 52.5 Å². The van der Waals surface area contributed by atoms with Crippen LogP contribution in [0.4, 0.5) is 0 Å². The van der Waals surface area contributed by atoms with E-state index in [4.69, 9.17) is 9.47 Å². The van der Waals surface area contributed by atoms with Gasteiger partial charge >= 0.3 is 0 Å². The van der Waals surface area contributed by atoms with Gasteiger partial charge in [-0.2, -0.15) is 0 Å². The third kappa shape index (κ3) is 5.68. The molecule has 3 rings (SSSR count). The fraction of sp³-hybridized carbons (Fsp3) is 0.714. The van der Waals surface area contributed by atoms with Crippen LogP contribution in [0.2, 0.25) is 0 Å². The molecule has 1 aromatic rings. The number of aliphatic hydroxyl groups is 1. The fourth-order valence-electron chi connectivity index (χ4n) is 3.86. The fourth-order valence-corrected chi connectivity index (χ4v) is 3.86. The second kappa shape index (κ2) is 9.70. The highest BCUT2D eigenvalue weighted by Gasteiger charge is 2.24. The Balaban J connectivity index is 1.37. The molecule has 0 saturated carbocycles. The smallest absolute Gasteiger partial charge is 0.122 e. The number of nitrogens with zero attached hydrogens (tertiary/aromatic N) is 2. The first-order valence-electron chi connectivity index (χ1n) is 10.1. The van der Waals surface area contributed by atoms with Crippen molar-refractivity contribution in [3.05, 3.63) is 29.8 Å². The molecule has 5 nitrogen and oxygen atoms in total. The molecule has 2 aliphatic rings. The van der Waals surface area contributed by atoms with E-state index in [1.54, 1.807) is 0 Å². The number of para-hydroxylation sites is 1. The van der Waals surface area contributed by atoms with Gasteiger partial charge in [0, 0.05) is 45.9 Å². The van der Waals surface area contributed by atoms with Gasteiger partial charge in [-0.1, -0.05) is 32.0 Å². The Morgan fingerprint density at radius 1 is 1.15 bits per heavy atom. The Morgan fingerprint density at radius 2 is 1.88 bits per heavy atom. The maximum atomic E-state index is 10.4. The minimum Gasteiger partial charge on any atom is -0.491 e. The van der Waals surface area contributed by atoms with Crippen LogP contribution in [0.25, 0.3) is 0 Å². The first kappa shape index (κ1) is 19.6. The Bertz CT molecular complexity index is 538. The maximum Gasteiger partial charge on any atom is 0.122 e. The molecule has 0 spiro atoms. The van der Waals surface area contributed by atoms with E-state index in [2.05, 4.69) is 29.7 Å². The number of rotatable bonds is 8. The van der Waals surface area contributed by atoms with E-state index in [9.17, 15) is 5.11 Å². The first-order valence-corrected chi connectivity index (χ1v) is 10.1. The maximum absolute atomic E-state index is 10.4. The lowest BCUT2D eigenvalue weighted by molar-refractivity contribution is 0.0262. The van der Waals surface area contributed by atoms with Crippen molar-refractivity contribution >= 4 is 0 Å². The van der Waals surface area contributed by atoms with E-state index in [-0.39, 0.29) is 0 Å². The molecule has 26 heavy (non-hydrogen) atoms. The van der Waals surface area contributed by atoms with Gasteiger partial charge in [0.15, 0.2) is 0 Å². The summed E-state index contributed by atoms with van der Waals surface area (Å²) < 4.78 is 11.6. The van der Waals surface area contributed by atoms with Crippen molar-refractivity contribution in [2.24, 2.45) is 0 Å². The van der Waals surface area contributed by atoms with Gasteiger partial charge in [0.1, 0.15) is 18.5 Å². The summed E-state index contributed by atoms with van der Waals surface area (Å²) in [6.45, 7) is 11.5. The van der Waals surface area contributed by atoms with Gasteiger partial charge in [-0.05, 0) is 30.4 Å². The number of benzene rings is 1. The van der Waals surface area contributed by atoms with E-state index in [1.807, 2.05) is 18.2 Å². The predicted octanol–water partition coefficient (Wildman–Crippen LogP) is 2.35. The Kier molecular flexibility index (Phi) is 7.32. The highest BCUT2D eigenvalue weighted by molar-refractivity contribution is 5.35. The van der Waals surface area contributed by atoms with E-state index >= 15 is 0 Å². The zero-order chi connectivity index (χ0) is 18.4. The molecule has 0 radical (unpaired) electrons. The lowest BCUT2D eigenvalue weighted by Crippen LogP contribution is -2.50. The topological polar surface area (TPSA) is 45.2 Å². The molecule has 2 atom stereocenters. The average Bonchev–Trinajstić information content (AvgIpc) is 3.15. The highest BCUT2D eigenvalue weighted by Crippen LogP contribution is 2.26. The molecule has 0 amide bonds. The number of β-amino-alcohol motifs (C(OH)–C–C–N with tert-alkyl or cyclic N) is 1. The van der Waals surface area contributed by atoms with Crippen LogP contribution in [0.15, 0.2) is 24.3 Å². The third-order valence-corrected chi connectivity index (χ3v) is 5.39. The van der Waals surface area contributed by atoms with Crippen molar-refractivity contribution in [2.45, 2.75) is 44.8 Å². The van der Waals surface area contributed by atoms with Crippen LogP contribution >= 0.6 is 0 Å². The average molecular weight is 363 g/mol. The van der Waals surface area contributed by atoms with Crippen molar-refractivity contribution < 1.29 is 14.6 Å². The number of piperazine rings is 1. The molecule has 0 aromatic heterocycles. The molecule has 2 saturated heterocycles. The van der Waals surface area contributed by atoms with Crippen molar-refractivity contribution in [1.29, 1.82) is 0 Å². The summed E-state index contributed by atoms with van der Waals surface area (Å²) in [7, 11) is 0. The largest absolute Gasteiger partial charge is 0.491 e. The lowest BCUT2D eigenvalue weighted by atomic mass is 10.0. The zero-order valence-electron chi connectivity index (χ0n) is 16.3. The molecule has 2 aliphatic heterocycles. The summed E-state index contributed by atoms with van der Waals surface area (Å²) in [4.78, 5) is 4.84. The molecule has 0 unspecified atom stereocenters. The molecule has 5 heteroatoms. The van der Waals surface area contributed by atoms with Gasteiger partial charge in [-0.25, -0.2) is 0 Å². The quantitative estimate of drug-likeness (QED) is 0.769. The summed E-state index contributed by atoms with van der Waals surface area (Å²) in [5, 5.41) is 10.4. The van der Waals surface area contributed by atoms with Crippen LogP contribution in [0.1, 0.15) is 38.2 Å². The summed E-state index contributed by atoms with van der Waals surface area (Å²) in [6, 6.07) is 8.11. The molecule has 2 heterocycles. The zero-order valence-corrected chi connectivity index (χ0v) is 16.3. The molecule has 0 aliphatic carbocycles. The number of ether oxygens (including phenoxy) is 2. The summed E-state index contributed by atoms with van der Waals surface area (Å²) >= 11 is 0. The molecule has 0 bridgehead atoms. The van der Waals surface area contributed by atoms with Crippen LogP contribution < -0.4 is 4.74 Å². The SMILES string of the molecule is CC(C)c1ccccc1OC[C@@H](O)CN1CCN(C[C@H]2CCCO2)CC1. The van der Waals surface area contributed by atoms with Crippen LogP contribution in [0, 0.1) is 0 Å². The van der Waals surface area contributed by atoms with E-state index in [0.717, 1.165) is 45.1 Å². The summed E-state index contributed by atoms with van der Waals surface area (Å²) in [5.74, 6) is 1.31. The van der Waals surface area contributed by atoms with Crippen LogP contribution in [-0.2, 0) is 4.74 Å². The first-order chi connectivity index (χ1) is 12.6. The van der Waals surface area contributed by atoms with Crippen LogP contribution in [0.3, 0.4) is 0 Å². The Hall–Kier alpha value is -1.14. The monoisotopic (exact) mass is 362 g/mol. The standard InChI is InChI=1S/C21H34N2O3/c1-17(2)20-7-3-4-8-21(20)26-16-18(24)14-22-9-11-23(12-10-22)15-19-6-5-13-25-19/h3-4,7-8,17-19,24H,5-6,9-16H2,1-2H3/t18-,19+/m0/s1. The molecule has 146 valence electrons. The van der Waals surface area contributed by atoms with Gasteiger partial charge in [0.05, 0.1) is 6.10 Å². The molecule has 2 fully saturated rings. The van der Waals surface area contributed by atoms with Gasteiger partial charge in [0.2, 0.25) is 0 Å². The van der Waals surface area contributed by atoms with Crippen molar-refractivity contribution in [1.82, 2.24) is 9.80 Å². The van der Waals surface area contributed by atoms with Gasteiger partial charge in [-0.3, -0.25) is 9.80 Å². The third-order valence-electron chi connectivity index (χ3n) is 5.39. The predicted molar refractivity (Wildman–Crippen MR) is 104 cm³/mol.